The third-order valence-corrected chi connectivity index (χ3v) is 3.18. The van der Waals surface area contributed by atoms with E-state index in [1.165, 1.54) is 0 Å². The van der Waals surface area contributed by atoms with E-state index in [-0.39, 0.29) is 0 Å². The van der Waals surface area contributed by atoms with Crippen molar-refractivity contribution in [3.63, 3.8) is 0 Å². The van der Waals surface area contributed by atoms with Crippen LogP contribution in [0.3, 0.4) is 0 Å². The minimum absolute atomic E-state index is 0.709. The maximum atomic E-state index is 5.97. The smallest absolute Gasteiger partial charge is 0.169 e. The molecule has 0 saturated carbocycles. The Morgan fingerprint density at radius 2 is 1.79 bits per heavy atom. The Morgan fingerprint density at radius 3 is 2.47 bits per heavy atom. The zero-order chi connectivity index (χ0) is 13.7. The lowest BCUT2D eigenvalue weighted by molar-refractivity contribution is 0.377. The van der Waals surface area contributed by atoms with E-state index in [0.717, 1.165) is 28.1 Å². The number of ether oxygens (including phenoxy) is 2. The zero-order valence-electron chi connectivity index (χ0n) is 10.9. The van der Waals surface area contributed by atoms with Crippen LogP contribution in [0.4, 0.5) is 0 Å². The quantitative estimate of drug-likeness (QED) is 0.903. The van der Waals surface area contributed by atoms with Crippen molar-refractivity contribution in [1.29, 1.82) is 0 Å². The summed E-state index contributed by atoms with van der Waals surface area (Å²) in [5, 5.41) is 3.13. The summed E-state index contributed by atoms with van der Waals surface area (Å²) in [6.45, 7) is 0.748. The molecule has 3 nitrogen and oxygen atoms in total. The zero-order valence-corrected chi connectivity index (χ0v) is 12.5. The maximum absolute atomic E-state index is 5.97. The van der Waals surface area contributed by atoms with Gasteiger partial charge in [-0.25, -0.2) is 0 Å². The molecule has 2 aromatic rings. The molecule has 0 saturated heterocycles. The molecule has 0 fully saturated rings. The summed E-state index contributed by atoms with van der Waals surface area (Å²) in [6, 6.07) is 13.6. The van der Waals surface area contributed by atoms with Gasteiger partial charge >= 0.3 is 0 Å². The van der Waals surface area contributed by atoms with Gasteiger partial charge in [-0.15, -0.1) is 0 Å². The maximum Gasteiger partial charge on any atom is 0.169 e. The Bertz CT molecular complexity index is 558. The van der Waals surface area contributed by atoms with Crippen molar-refractivity contribution < 1.29 is 9.47 Å². The summed E-state index contributed by atoms with van der Waals surface area (Å²) >= 11 is 3.46. The first-order valence-electron chi connectivity index (χ1n) is 5.98. The number of hydrogen-bond acceptors (Lipinski definition) is 3. The fraction of sp³-hybridized carbons (Fsp3) is 0.200. The first kappa shape index (κ1) is 13.9. The van der Waals surface area contributed by atoms with Crippen LogP contribution in [-0.4, -0.2) is 14.2 Å². The summed E-state index contributed by atoms with van der Waals surface area (Å²) in [5.41, 5.74) is 1.09. The van der Waals surface area contributed by atoms with E-state index >= 15 is 0 Å². The lowest BCUT2D eigenvalue weighted by atomic mass is 10.2. The number of methoxy groups -OCH3 is 1. The van der Waals surface area contributed by atoms with Gasteiger partial charge in [0, 0.05) is 16.6 Å². The topological polar surface area (TPSA) is 30.5 Å². The Balaban J connectivity index is 2.34. The highest BCUT2D eigenvalue weighted by atomic mass is 79.9. The lowest BCUT2D eigenvalue weighted by Crippen LogP contribution is -2.06. The Kier molecular flexibility index (Phi) is 4.82. The van der Waals surface area contributed by atoms with Gasteiger partial charge in [-0.2, -0.15) is 0 Å². The van der Waals surface area contributed by atoms with Gasteiger partial charge in [0.15, 0.2) is 11.5 Å². The highest BCUT2D eigenvalue weighted by Gasteiger charge is 2.08. The number of benzene rings is 2. The number of rotatable bonds is 5. The minimum atomic E-state index is 0.709. The van der Waals surface area contributed by atoms with Gasteiger partial charge < -0.3 is 14.8 Å². The summed E-state index contributed by atoms with van der Waals surface area (Å²) in [7, 11) is 3.55. The second-order valence-electron chi connectivity index (χ2n) is 4.04. The third-order valence-electron chi connectivity index (χ3n) is 2.69. The molecule has 0 radical (unpaired) electrons. The Morgan fingerprint density at radius 1 is 1.05 bits per heavy atom. The fourth-order valence-electron chi connectivity index (χ4n) is 1.78. The van der Waals surface area contributed by atoms with E-state index in [0.29, 0.717) is 5.75 Å². The Hall–Kier alpha value is -1.52. The molecular formula is C15H16BrNO2. The van der Waals surface area contributed by atoms with Crippen molar-refractivity contribution in [2.24, 2.45) is 0 Å². The van der Waals surface area contributed by atoms with Crippen LogP contribution in [0.25, 0.3) is 0 Å². The third kappa shape index (κ3) is 3.49. The SMILES string of the molecule is CNCc1ccc(Br)cc1Oc1ccccc1OC. The molecule has 19 heavy (non-hydrogen) atoms. The normalized spacial score (nSPS) is 10.3. The average molecular weight is 322 g/mol. The van der Waals surface area contributed by atoms with E-state index in [1.54, 1.807) is 7.11 Å². The molecule has 4 heteroatoms. The van der Waals surface area contributed by atoms with Crippen molar-refractivity contribution >= 4 is 15.9 Å². The van der Waals surface area contributed by atoms with Gasteiger partial charge in [-0.1, -0.05) is 34.1 Å². The summed E-state index contributed by atoms with van der Waals surface area (Å²) < 4.78 is 12.2. The van der Waals surface area contributed by atoms with Crippen LogP contribution in [-0.2, 0) is 6.54 Å². The molecule has 0 aliphatic carbocycles. The van der Waals surface area contributed by atoms with Gasteiger partial charge in [-0.3, -0.25) is 0 Å². The van der Waals surface area contributed by atoms with Crippen LogP contribution >= 0.6 is 15.9 Å². The average Bonchev–Trinajstić information content (AvgIpc) is 2.42. The molecule has 100 valence electrons. The van der Waals surface area contributed by atoms with Crippen LogP contribution in [0, 0.1) is 0 Å². The van der Waals surface area contributed by atoms with Crippen LogP contribution in [0.2, 0.25) is 0 Å². The predicted octanol–water partition coefficient (Wildman–Crippen LogP) is 3.97. The monoisotopic (exact) mass is 321 g/mol. The number of hydrogen-bond donors (Lipinski definition) is 1. The highest BCUT2D eigenvalue weighted by Crippen LogP contribution is 2.34. The van der Waals surface area contributed by atoms with Gasteiger partial charge in [0.2, 0.25) is 0 Å². The van der Waals surface area contributed by atoms with Crippen molar-refractivity contribution in [1.82, 2.24) is 5.32 Å². The van der Waals surface area contributed by atoms with Crippen LogP contribution in [0.15, 0.2) is 46.9 Å². The first-order valence-corrected chi connectivity index (χ1v) is 6.78. The van der Waals surface area contributed by atoms with Crippen LogP contribution in [0.5, 0.6) is 17.2 Å². The molecule has 1 N–H and O–H groups in total. The second kappa shape index (κ2) is 6.59. The van der Waals surface area contributed by atoms with E-state index < -0.39 is 0 Å². The molecule has 2 rings (SSSR count). The minimum Gasteiger partial charge on any atom is -0.493 e. The van der Waals surface area contributed by atoms with Gasteiger partial charge in [0.05, 0.1) is 7.11 Å². The number of halogens is 1. The number of para-hydroxylation sites is 2. The van der Waals surface area contributed by atoms with Gasteiger partial charge in [0.1, 0.15) is 5.75 Å². The van der Waals surface area contributed by atoms with Crippen LogP contribution < -0.4 is 14.8 Å². The van der Waals surface area contributed by atoms with Crippen molar-refractivity contribution in [2.75, 3.05) is 14.2 Å². The molecule has 0 aliphatic rings. The largest absolute Gasteiger partial charge is 0.493 e. The highest BCUT2D eigenvalue weighted by molar-refractivity contribution is 9.10. The molecule has 0 bridgehead atoms. The van der Waals surface area contributed by atoms with E-state index in [4.69, 9.17) is 9.47 Å². The Labute approximate surface area is 121 Å². The number of nitrogens with one attached hydrogen (secondary N) is 1. The molecule has 0 heterocycles. The van der Waals surface area contributed by atoms with Crippen molar-refractivity contribution in [3.8, 4) is 17.2 Å². The van der Waals surface area contributed by atoms with Crippen LogP contribution in [0.1, 0.15) is 5.56 Å². The molecule has 2 aromatic carbocycles. The van der Waals surface area contributed by atoms with Gasteiger partial charge in [0.25, 0.3) is 0 Å². The van der Waals surface area contributed by atoms with Crippen molar-refractivity contribution in [2.45, 2.75) is 6.54 Å². The fourth-order valence-corrected chi connectivity index (χ4v) is 2.12. The molecular weight excluding hydrogens is 306 g/mol. The van der Waals surface area contributed by atoms with Gasteiger partial charge in [-0.05, 0) is 31.3 Å². The first-order chi connectivity index (χ1) is 9.24. The van der Waals surface area contributed by atoms with Crippen molar-refractivity contribution in [3.05, 3.63) is 52.5 Å². The summed E-state index contributed by atoms with van der Waals surface area (Å²) in [6.07, 6.45) is 0. The summed E-state index contributed by atoms with van der Waals surface area (Å²) in [4.78, 5) is 0. The molecule has 0 spiro atoms. The predicted molar refractivity (Wildman–Crippen MR) is 80.0 cm³/mol. The molecule has 0 atom stereocenters. The molecule has 0 unspecified atom stereocenters. The summed E-state index contributed by atoms with van der Waals surface area (Å²) in [5.74, 6) is 2.24. The van der Waals surface area contributed by atoms with E-state index in [9.17, 15) is 0 Å². The molecule has 0 aliphatic heterocycles. The lowest BCUT2D eigenvalue weighted by Gasteiger charge is -2.13. The molecule has 0 amide bonds. The standard InChI is InChI=1S/C15H16BrNO2/c1-17-10-11-7-8-12(16)9-15(11)19-14-6-4-3-5-13(14)18-2/h3-9,17H,10H2,1-2H3. The van der Waals surface area contributed by atoms with E-state index in [1.807, 2.05) is 49.5 Å². The second-order valence-corrected chi connectivity index (χ2v) is 4.95. The van der Waals surface area contributed by atoms with E-state index in [2.05, 4.69) is 21.2 Å². The molecule has 0 aromatic heterocycles.